The average Bonchev–Trinajstić information content (AvgIpc) is 3.16. The van der Waals surface area contributed by atoms with Gasteiger partial charge in [-0.3, -0.25) is 0 Å². The van der Waals surface area contributed by atoms with Crippen LogP contribution in [0.4, 0.5) is 0 Å². The third-order valence-corrected chi connectivity index (χ3v) is 3.74. The van der Waals surface area contributed by atoms with Crippen LogP contribution in [0.25, 0.3) is 28.7 Å². The Hall–Kier alpha value is -3.47. The van der Waals surface area contributed by atoms with E-state index in [0.717, 1.165) is 22.3 Å². The van der Waals surface area contributed by atoms with Crippen molar-refractivity contribution in [3.05, 3.63) is 78.5 Å². The van der Waals surface area contributed by atoms with E-state index in [4.69, 9.17) is 0 Å². The minimum Gasteiger partial charge on any atom is -0.506 e. The zero-order valence-electron chi connectivity index (χ0n) is 12.7. The molecule has 0 saturated carbocycles. The lowest BCUT2D eigenvalue weighted by Gasteiger charge is -2.02. The maximum atomic E-state index is 9.90. The predicted octanol–water partition coefficient (Wildman–Crippen LogP) is 3.69. The second-order valence-electron chi connectivity index (χ2n) is 5.35. The summed E-state index contributed by atoms with van der Waals surface area (Å²) in [5.41, 5.74) is 3.42. The van der Waals surface area contributed by atoms with Crippen molar-refractivity contribution in [2.24, 2.45) is 0 Å². The summed E-state index contributed by atoms with van der Waals surface area (Å²) in [6.45, 7) is 0. The van der Waals surface area contributed by atoms with Crippen molar-refractivity contribution < 1.29 is 5.11 Å². The molecule has 116 valence electrons. The van der Waals surface area contributed by atoms with Gasteiger partial charge in [0.25, 0.3) is 0 Å². The molecule has 4 aromatic rings. The number of hydrogen-bond acceptors (Lipinski definition) is 4. The summed E-state index contributed by atoms with van der Waals surface area (Å²) >= 11 is 0. The maximum absolute atomic E-state index is 9.90. The molecule has 5 heteroatoms. The Balaban J connectivity index is 1.59. The van der Waals surface area contributed by atoms with Crippen molar-refractivity contribution in [3.8, 4) is 11.4 Å². The van der Waals surface area contributed by atoms with Crippen LogP contribution in [0, 0.1) is 0 Å². The first-order chi connectivity index (χ1) is 11.8. The molecule has 0 aliphatic carbocycles. The van der Waals surface area contributed by atoms with E-state index in [-0.39, 0.29) is 5.75 Å². The van der Waals surface area contributed by atoms with Gasteiger partial charge in [-0.2, -0.15) is 5.10 Å². The van der Waals surface area contributed by atoms with Crippen LogP contribution in [-0.2, 0) is 0 Å². The Morgan fingerprint density at radius 1 is 0.917 bits per heavy atom. The van der Waals surface area contributed by atoms with Gasteiger partial charge in [0.2, 0.25) is 0 Å². The van der Waals surface area contributed by atoms with E-state index in [1.54, 1.807) is 17.1 Å². The number of nitrogens with zero attached hydrogens (tertiary/aromatic N) is 4. The molecule has 0 amide bonds. The van der Waals surface area contributed by atoms with Crippen molar-refractivity contribution in [3.63, 3.8) is 0 Å². The van der Waals surface area contributed by atoms with Crippen molar-refractivity contribution >= 4 is 23.1 Å². The molecule has 0 aliphatic rings. The summed E-state index contributed by atoms with van der Waals surface area (Å²) in [4.78, 5) is 8.43. The lowest BCUT2D eigenvalue weighted by Crippen LogP contribution is -1.93. The van der Waals surface area contributed by atoms with Crippen LogP contribution >= 0.6 is 0 Å². The third kappa shape index (κ3) is 2.75. The normalized spacial score (nSPS) is 11.3. The zero-order valence-corrected chi connectivity index (χ0v) is 12.7. The first kappa shape index (κ1) is 14.1. The minimum atomic E-state index is 0.194. The first-order valence-electron chi connectivity index (χ1n) is 7.51. The van der Waals surface area contributed by atoms with Gasteiger partial charge < -0.3 is 5.11 Å². The molecule has 0 aliphatic heterocycles. The molecule has 0 fully saturated rings. The zero-order chi connectivity index (χ0) is 16.4. The number of phenolic OH excluding ortho intramolecular Hbond substituents is 1. The highest BCUT2D eigenvalue weighted by atomic mass is 16.3. The molecule has 0 saturated heterocycles. The monoisotopic (exact) mass is 314 g/mol. The van der Waals surface area contributed by atoms with E-state index in [1.165, 1.54) is 6.33 Å². The molecule has 0 atom stereocenters. The predicted molar refractivity (Wildman–Crippen MR) is 93.7 cm³/mol. The molecular formula is C19H14N4O. The quantitative estimate of drug-likeness (QED) is 0.626. The summed E-state index contributed by atoms with van der Waals surface area (Å²) in [6.07, 6.45) is 7.08. The number of fused-ring (bicyclic) bond motifs is 1. The number of pyridine rings is 1. The smallest absolute Gasteiger partial charge is 0.141 e. The Kier molecular flexibility index (Phi) is 3.51. The number of phenols is 1. The molecule has 4 rings (SSSR count). The molecule has 0 spiro atoms. The summed E-state index contributed by atoms with van der Waals surface area (Å²) in [5, 5.41) is 14.9. The van der Waals surface area contributed by atoms with Crippen molar-refractivity contribution in [1.82, 2.24) is 19.7 Å². The molecular weight excluding hydrogens is 300 g/mol. The van der Waals surface area contributed by atoms with Crippen LogP contribution in [-0.4, -0.2) is 24.9 Å². The van der Waals surface area contributed by atoms with E-state index in [1.807, 2.05) is 60.7 Å². The Bertz CT molecular complexity index is 1010. The molecule has 1 N–H and O–H groups in total. The van der Waals surface area contributed by atoms with Crippen LogP contribution < -0.4 is 0 Å². The number of benzene rings is 2. The molecule has 0 radical (unpaired) electrons. The second-order valence-corrected chi connectivity index (χ2v) is 5.35. The summed E-state index contributed by atoms with van der Waals surface area (Å²) in [7, 11) is 0. The molecule has 2 heterocycles. The van der Waals surface area contributed by atoms with Crippen LogP contribution in [0.1, 0.15) is 11.3 Å². The minimum absolute atomic E-state index is 0.194. The molecule has 0 unspecified atom stereocenters. The topological polar surface area (TPSA) is 63.8 Å². The number of hydrogen-bond donors (Lipinski definition) is 1. The van der Waals surface area contributed by atoms with Gasteiger partial charge in [0, 0.05) is 5.39 Å². The van der Waals surface area contributed by atoms with Gasteiger partial charge >= 0.3 is 0 Å². The van der Waals surface area contributed by atoms with Crippen molar-refractivity contribution in [2.75, 3.05) is 0 Å². The SMILES string of the molecule is Oc1cccc2ccc(/C=C/c3ccc(-n4cncn4)cc3)nc12. The van der Waals surface area contributed by atoms with Gasteiger partial charge in [-0.15, -0.1) is 0 Å². The lowest BCUT2D eigenvalue weighted by molar-refractivity contribution is 0.480. The Morgan fingerprint density at radius 3 is 2.58 bits per heavy atom. The van der Waals surface area contributed by atoms with Crippen molar-refractivity contribution in [1.29, 1.82) is 0 Å². The van der Waals surface area contributed by atoms with Gasteiger partial charge in [-0.25, -0.2) is 14.6 Å². The van der Waals surface area contributed by atoms with Gasteiger partial charge in [-0.05, 0) is 35.9 Å². The highest BCUT2D eigenvalue weighted by Crippen LogP contribution is 2.23. The van der Waals surface area contributed by atoms with E-state index < -0.39 is 0 Å². The molecule has 5 nitrogen and oxygen atoms in total. The summed E-state index contributed by atoms with van der Waals surface area (Å²) in [6, 6.07) is 17.2. The third-order valence-electron chi connectivity index (χ3n) is 3.74. The average molecular weight is 314 g/mol. The number of aromatic nitrogens is 4. The largest absolute Gasteiger partial charge is 0.506 e. The van der Waals surface area contributed by atoms with Crippen LogP contribution in [0.3, 0.4) is 0 Å². The van der Waals surface area contributed by atoms with Gasteiger partial charge in [0.1, 0.15) is 23.9 Å². The fourth-order valence-corrected chi connectivity index (χ4v) is 2.50. The van der Waals surface area contributed by atoms with Crippen LogP contribution in [0.15, 0.2) is 67.3 Å². The fourth-order valence-electron chi connectivity index (χ4n) is 2.50. The lowest BCUT2D eigenvalue weighted by atomic mass is 10.1. The fraction of sp³-hybridized carbons (Fsp3) is 0. The first-order valence-corrected chi connectivity index (χ1v) is 7.51. The highest BCUT2D eigenvalue weighted by Gasteiger charge is 2.01. The Labute approximate surface area is 138 Å². The molecule has 24 heavy (non-hydrogen) atoms. The van der Waals surface area contributed by atoms with Crippen LogP contribution in [0.5, 0.6) is 5.75 Å². The molecule has 2 aromatic heterocycles. The summed E-state index contributed by atoms with van der Waals surface area (Å²) < 4.78 is 1.71. The van der Waals surface area contributed by atoms with E-state index >= 15 is 0 Å². The molecule has 0 bridgehead atoms. The number of aromatic hydroxyl groups is 1. The Morgan fingerprint density at radius 2 is 1.79 bits per heavy atom. The van der Waals surface area contributed by atoms with Crippen LogP contribution in [0.2, 0.25) is 0 Å². The van der Waals surface area contributed by atoms with Gasteiger partial charge in [0.15, 0.2) is 0 Å². The highest BCUT2D eigenvalue weighted by molar-refractivity contribution is 5.85. The van der Waals surface area contributed by atoms with Crippen molar-refractivity contribution in [2.45, 2.75) is 0 Å². The number of para-hydroxylation sites is 1. The second kappa shape index (κ2) is 5.96. The standard InChI is InChI=1S/C19H14N4O/c24-18-3-1-2-15-7-9-16(22-19(15)18)8-4-14-5-10-17(11-6-14)23-13-20-12-21-23/h1-13,24H/b8-4+. The maximum Gasteiger partial charge on any atom is 0.141 e. The molecule has 2 aromatic carbocycles. The van der Waals surface area contributed by atoms with E-state index in [2.05, 4.69) is 15.1 Å². The van der Waals surface area contributed by atoms with E-state index in [9.17, 15) is 5.11 Å². The number of rotatable bonds is 3. The summed E-state index contributed by atoms with van der Waals surface area (Å²) in [5.74, 6) is 0.194. The van der Waals surface area contributed by atoms with E-state index in [0.29, 0.717) is 5.52 Å². The van der Waals surface area contributed by atoms with Gasteiger partial charge in [0.05, 0.1) is 11.4 Å². The van der Waals surface area contributed by atoms with Gasteiger partial charge in [-0.1, -0.05) is 36.4 Å².